The molecule has 0 heterocycles. The molecule has 0 saturated heterocycles. The second-order valence-electron chi connectivity index (χ2n) is 11.8. The molecule has 0 radical (unpaired) electrons. The number of nitrogens with zero attached hydrogens (tertiary/aromatic N) is 2. The Morgan fingerprint density at radius 2 is 1.54 bits per heavy atom. The van der Waals surface area contributed by atoms with Crippen molar-refractivity contribution in [3.63, 3.8) is 0 Å². The van der Waals surface area contributed by atoms with Crippen LogP contribution in [0.3, 0.4) is 0 Å². The number of allylic oxidation sites excluding steroid dienone is 9. The summed E-state index contributed by atoms with van der Waals surface area (Å²) in [6.07, 6.45) is 7.47. The molecule has 1 aromatic carbocycles. The van der Waals surface area contributed by atoms with E-state index in [-0.39, 0.29) is 34.9 Å². The van der Waals surface area contributed by atoms with E-state index in [0.29, 0.717) is 34.4 Å². The Morgan fingerprint density at radius 3 is 2.13 bits per heavy atom. The lowest BCUT2D eigenvalue weighted by molar-refractivity contribution is -0.119. The number of hydrogen-bond acceptors (Lipinski definition) is 5. The Morgan fingerprint density at radius 1 is 0.949 bits per heavy atom. The van der Waals surface area contributed by atoms with Crippen LogP contribution < -0.4 is 5.32 Å². The lowest BCUT2D eigenvalue weighted by atomic mass is 9.71. The second kappa shape index (κ2) is 11.2. The van der Waals surface area contributed by atoms with Crippen LogP contribution in [0.2, 0.25) is 0 Å². The van der Waals surface area contributed by atoms with Crippen molar-refractivity contribution in [1.82, 2.24) is 0 Å². The first-order chi connectivity index (χ1) is 18.2. The van der Waals surface area contributed by atoms with Gasteiger partial charge in [0.1, 0.15) is 17.7 Å². The minimum atomic E-state index is -0.808. The number of ketones is 2. The monoisotopic (exact) mass is 521 g/mol. The third-order valence-corrected chi connectivity index (χ3v) is 7.41. The Kier molecular flexibility index (Phi) is 8.42. The van der Waals surface area contributed by atoms with Gasteiger partial charge in [-0.1, -0.05) is 58.1 Å². The van der Waals surface area contributed by atoms with Crippen molar-refractivity contribution in [2.24, 2.45) is 10.8 Å². The van der Waals surface area contributed by atoms with Gasteiger partial charge in [-0.2, -0.15) is 10.5 Å². The SMILES string of the molecule is CC1=C(C)C(=O)C(C(C)(C)CC(=O)Nc2ccc(C=CC3=CC(=C(C#N)C#N)CC(C)(C)C3)cc2)=C(C)C1=O. The fraction of sp³-hybridized carbons (Fsp3) is 0.364. The predicted octanol–water partition coefficient (Wildman–Crippen LogP) is 6.95. The summed E-state index contributed by atoms with van der Waals surface area (Å²) in [5.74, 6) is -0.559. The summed E-state index contributed by atoms with van der Waals surface area (Å²) < 4.78 is 0. The second-order valence-corrected chi connectivity index (χ2v) is 11.8. The largest absolute Gasteiger partial charge is 0.326 e. The van der Waals surface area contributed by atoms with Gasteiger partial charge in [-0.15, -0.1) is 0 Å². The third kappa shape index (κ3) is 6.59. The summed E-state index contributed by atoms with van der Waals surface area (Å²) in [7, 11) is 0. The van der Waals surface area contributed by atoms with E-state index < -0.39 is 5.41 Å². The highest BCUT2D eigenvalue weighted by atomic mass is 16.2. The lowest BCUT2D eigenvalue weighted by Crippen LogP contribution is -2.33. The van der Waals surface area contributed by atoms with Crippen molar-refractivity contribution in [1.29, 1.82) is 10.5 Å². The average molecular weight is 522 g/mol. The van der Waals surface area contributed by atoms with Gasteiger partial charge in [0.15, 0.2) is 11.6 Å². The van der Waals surface area contributed by atoms with Crippen LogP contribution >= 0.6 is 0 Å². The average Bonchev–Trinajstić information content (AvgIpc) is 2.85. The van der Waals surface area contributed by atoms with Gasteiger partial charge in [0.25, 0.3) is 0 Å². The van der Waals surface area contributed by atoms with Gasteiger partial charge in [-0.25, -0.2) is 0 Å². The molecular formula is C33H35N3O3. The highest BCUT2D eigenvalue weighted by Gasteiger charge is 2.38. The van der Waals surface area contributed by atoms with E-state index in [1.807, 2.05) is 68.5 Å². The predicted molar refractivity (Wildman–Crippen MR) is 153 cm³/mol. The maximum atomic E-state index is 13.0. The number of nitrogens with one attached hydrogen (secondary N) is 1. The number of benzene rings is 1. The summed E-state index contributed by atoms with van der Waals surface area (Å²) in [5.41, 5.74) is 4.39. The van der Waals surface area contributed by atoms with E-state index in [1.54, 1.807) is 20.8 Å². The molecule has 200 valence electrons. The third-order valence-electron chi connectivity index (χ3n) is 7.41. The molecule has 2 aliphatic rings. The summed E-state index contributed by atoms with van der Waals surface area (Å²) in [6, 6.07) is 11.4. The van der Waals surface area contributed by atoms with Gasteiger partial charge in [0.2, 0.25) is 5.91 Å². The van der Waals surface area contributed by atoms with E-state index in [9.17, 15) is 24.9 Å². The first kappa shape index (κ1) is 29.3. The smallest absolute Gasteiger partial charge is 0.225 e. The molecule has 1 N–H and O–H groups in total. The van der Waals surface area contributed by atoms with Gasteiger partial charge in [0, 0.05) is 39.8 Å². The molecule has 39 heavy (non-hydrogen) atoms. The van der Waals surface area contributed by atoms with E-state index in [4.69, 9.17) is 0 Å². The topological polar surface area (TPSA) is 111 Å². The number of rotatable bonds is 6. The summed E-state index contributed by atoms with van der Waals surface area (Å²) in [4.78, 5) is 38.5. The fourth-order valence-electron chi connectivity index (χ4n) is 5.38. The molecule has 3 rings (SSSR count). The van der Waals surface area contributed by atoms with Crippen LogP contribution in [-0.4, -0.2) is 17.5 Å². The molecule has 6 heteroatoms. The maximum Gasteiger partial charge on any atom is 0.225 e. The Bertz CT molecular complexity index is 1460. The van der Waals surface area contributed by atoms with E-state index in [0.717, 1.165) is 23.1 Å². The van der Waals surface area contributed by atoms with Crippen LogP contribution in [0.15, 0.2) is 75.4 Å². The molecule has 0 spiro atoms. The molecule has 0 aromatic heterocycles. The van der Waals surface area contributed by atoms with Crippen molar-refractivity contribution in [2.45, 2.75) is 67.7 Å². The molecule has 0 unspecified atom stereocenters. The molecule has 0 aliphatic heterocycles. The zero-order chi connectivity index (χ0) is 29.1. The van der Waals surface area contributed by atoms with Crippen molar-refractivity contribution >= 4 is 29.2 Å². The maximum absolute atomic E-state index is 13.0. The van der Waals surface area contributed by atoms with E-state index in [2.05, 4.69) is 19.2 Å². The van der Waals surface area contributed by atoms with Crippen molar-refractivity contribution in [2.75, 3.05) is 5.32 Å². The first-order valence-electron chi connectivity index (χ1n) is 13.0. The molecule has 1 amide bonds. The van der Waals surface area contributed by atoms with Crippen LogP contribution in [0, 0.1) is 33.5 Å². The number of carbonyl (C=O) groups excluding carboxylic acids is 3. The van der Waals surface area contributed by atoms with Crippen LogP contribution in [-0.2, 0) is 14.4 Å². The van der Waals surface area contributed by atoms with Crippen LogP contribution in [0.25, 0.3) is 6.08 Å². The summed E-state index contributed by atoms with van der Waals surface area (Å²) >= 11 is 0. The fourth-order valence-corrected chi connectivity index (χ4v) is 5.38. The van der Waals surface area contributed by atoms with Gasteiger partial charge >= 0.3 is 0 Å². The molecule has 0 bridgehead atoms. The highest BCUT2D eigenvalue weighted by Crippen LogP contribution is 2.40. The minimum Gasteiger partial charge on any atom is -0.326 e. The van der Waals surface area contributed by atoms with Gasteiger partial charge in [-0.05, 0) is 67.9 Å². The Balaban J connectivity index is 1.71. The van der Waals surface area contributed by atoms with E-state index in [1.165, 1.54) is 0 Å². The molecule has 0 saturated carbocycles. The number of Topliss-reactive ketones (excluding diaryl/α,β-unsaturated/α-hetero) is 2. The quantitative estimate of drug-likeness (QED) is 0.322. The van der Waals surface area contributed by atoms with Crippen molar-refractivity contribution in [3.05, 3.63) is 81.0 Å². The number of anilines is 1. The first-order valence-corrected chi connectivity index (χ1v) is 13.0. The Hall–Kier alpha value is -4.29. The summed E-state index contributed by atoms with van der Waals surface area (Å²) in [6.45, 7) is 12.9. The lowest BCUT2D eigenvalue weighted by Gasteiger charge is -2.31. The number of nitriles is 2. The van der Waals surface area contributed by atoms with Crippen LogP contribution in [0.4, 0.5) is 5.69 Å². The normalized spacial score (nSPS) is 17.7. The van der Waals surface area contributed by atoms with Gasteiger partial charge < -0.3 is 5.32 Å². The van der Waals surface area contributed by atoms with E-state index >= 15 is 0 Å². The van der Waals surface area contributed by atoms with Crippen molar-refractivity contribution in [3.8, 4) is 12.1 Å². The number of hydrogen-bond donors (Lipinski definition) is 1. The van der Waals surface area contributed by atoms with Crippen LogP contribution in [0.1, 0.15) is 73.3 Å². The Labute approximate surface area is 231 Å². The number of amides is 1. The standard InChI is InChI=1S/C33H35N3O3/c1-20-21(2)31(39)29(22(3)30(20)38)33(6,7)17-28(37)36-27-12-10-23(11-13-27)8-9-24-14-25(26(18-34)19-35)16-32(4,5)15-24/h8-14H,15-17H2,1-7H3,(H,36,37). The molecular weight excluding hydrogens is 486 g/mol. The summed E-state index contributed by atoms with van der Waals surface area (Å²) in [5, 5.41) is 21.4. The van der Waals surface area contributed by atoms with Crippen molar-refractivity contribution < 1.29 is 14.4 Å². The minimum absolute atomic E-state index is 0.0530. The molecule has 0 fully saturated rings. The number of carbonyl (C=O) groups is 3. The zero-order valence-corrected chi connectivity index (χ0v) is 23.8. The zero-order valence-electron chi connectivity index (χ0n) is 23.8. The molecule has 6 nitrogen and oxygen atoms in total. The van der Waals surface area contributed by atoms with Crippen LogP contribution in [0.5, 0.6) is 0 Å². The van der Waals surface area contributed by atoms with Gasteiger partial charge in [-0.3, -0.25) is 14.4 Å². The molecule has 0 atom stereocenters. The van der Waals surface area contributed by atoms with Gasteiger partial charge in [0.05, 0.1) is 0 Å². The molecule has 2 aliphatic carbocycles. The molecule has 1 aromatic rings. The highest BCUT2D eigenvalue weighted by molar-refractivity contribution is 6.25.